The predicted octanol–water partition coefficient (Wildman–Crippen LogP) is 2.28. The zero-order valence-electron chi connectivity index (χ0n) is 8.45. The Balaban J connectivity index is 1.90. The van der Waals surface area contributed by atoms with Gasteiger partial charge in [-0.1, -0.05) is 12.8 Å². The summed E-state index contributed by atoms with van der Waals surface area (Å²) in [6.45, 7) is 2.30. The Hall–Kier alpha value is -1.09. The Kier molecular flexibility index (Phi) is 3.35. The lowest BCUT2D eigenvalue weighted by Gasteiger charge is -2.21. The van der Waals surface area contributed by atoms with Crippen LogP contribution in [0.1, 0.15) is 25.7 Å². The van der Waals surface area contributed by atoms with Gasteiger partial charge in [-0.15, -0.1) is 0 Å². The van der Waals surface area contributed by atoms with E-state index in [1.165, 1.54) is 25.7 Å². The van der Waals surface area contributed by atoms with E-state index in [1.807, 2.05) is 12.3 Å². The Morgan fingerprint density at radius 1 is 1.14 bits per heavy atom. The van der Waals surface area contributed by atoms with Crippen LogP contribution in [0.4, 0.5) is 5.69 Å². The zero-order chi connectivity index (χ0) is 9.64. The number of rotatable bonds is 2. The number of anilines is 1. The van der Waals surface area contributed by atoms with Gasteiger partial charge in [-0.2, -0.15) is 0 Å². The molecule has 0 aliphatic carbocycles. The summed E-state index contributed by atoms with van der Waals surface area (Å²) in [6, 6.07) is 4.01. The summed E-state index contributed by atoms with van der Waals surface area (Å²) in [6.07, 6.45) is 9.00. The SMILES string of the molecule is c1cncc(NN2CCCCCC2)c1. The standard InChI is InChI=1S/C11H17N3/c1-2-4-9-14(8-3-1)13-11-6-5-7-12-10-11/h5-7,10,13H,1-4,8-9H2. The molecule has 1 fully saturated rings. The number of pyridine rings is 1. The monoisotopic (exact) mass is 191 g/mol. The first kappa shape index (κ1) is 9.46. The van der Waals surface area contributed by atoms with Crippen molar-refractivity contribution in [2.45, 2.75) is 25.7 Å². The maximum absolute atomic E-state index is 4.08. The number of aromatic nitrogens is 1. The fourth-order valence-electron chi connectivity index (χ4n) is 1.79. The van der Waals surface area contributed by atoms with Crippen LogP contribution >= 0.6 is 0 Å². The summed E-state index contributed by atoms with van der Waals surface area (Å²) in [4.78, 5) is 4.08. The van der Waals surface area contributed by atoms with Crippen molar-refractivity contribution < 1.29 is 0 Å². The van der Waals surface area contributed by atoms with Crippen molar-refractivity contribution in [3.05, 3.63) is 24.5 Å². The van der Waals surface area contributed by atoms with E-state index in [0.29, 0.717) is 0 Å². The maximum Gasteiger partial charge on any atom is 0.0673 e. The van der Waals surface area contributed by atoms with E-state index >= 15 is 0 Å². The molecule has 3 nitrogen and oxygen atoms in total. The van der Waals surface area contributed by atoms with Crippen LogP contribution in [0, 0.1) is 0 Å². The third kappa shape index (κ3) is 2.70. The van der Waals surface area contributed by atoms with E-state index in [-0.39, 0.29) is 0 Å². The molecule has 1 N–H and O–H groups in total. The van der Waals surface area contributed by atoms with E-state index in [0.717, 1.165) is 18.8 Å². The molecule has 76 valence electrons. The first-order chi connectivity index (χ1) is 6.95. The molecule has 2 heterocycles. The lowest BCUT2D eigenvalue weighted by atomic mass is 10.2. The summed E-state index contributed by atoms with van der Waals surface area (Å²) in [5, 5.41) is 2.30. The molecule has 1 saturated heterocycles. The second kappa shape index (κ2) is 4.96. The van der Waals surface area contributed by atoms with Gasteiger partial charge in [0, 0.05) is 19.3 Å². The summed E-state index contributed by atoms with van der Waals surface area (Å²) >= 11 is 0. The number of nitrogens with one attached hydrogen (secondary N) is 1. The highest BCUT2D eigenvalue weighted by Gasteiger charge is 2.07. The van der Waals surface area contributed by atoms with E-state index < -0.39 is 0 Å². The fourth-order valence-corrected chi connectivity index (χ4v) is 1.79. The first-order valence-corrected chi connectivity index (χ1v) is 5.37. The molecular formula is C11H17N3. The van der Waals surface area contributed by atoms with Gasteiger partial charge in [-0.25, -0.2) is 5.01 Å². The molecule has 0 bridgehead atoms. The molecule has 0 saturated carbocycles. The Morgan fingerprint density at radius 3 is 2.57 bits per heavy atom. The largest absolute Gasteiger partial charge is 0.317 e. The van der Waals surface area contributed by atoms with Crippen LogP contribution < -0.4 is 5.43 Å². The normalized spacial score (nSPS) is 18.9. The topological polar surface area (TPSA) is 28.2 Å². The molecule has 1 aliphatic heterocycles. The predicted molar refractivity (Wildman–Crippen MR) is 57.9 cm³/mol. The van der Waals surface area contributed by atoms with Crippen molar-refractivity contribution in [3.8, 4) is 0 Å². The van der Waals surface area contributed by atoms with Crippen molar-refractivity contribution >= 4 is 5.69 Å². The zero-order valence-corrected chi connectivity index (χ0v) is 8.45. The van der Waals surface area contributed by atoms with Crippen LogP contribution in [-0.4, -0.2) is 23.1 Å². The molecule has 0 amide bonds. The van der Waals surface area contributed by atoms with Gasteiger partial charge in [0.25, 0.3) is 0 Å². The van der Waals surface area contributed by atoms with Gasteiger partial charge in [0.05, 0.1) is 11.9 Å². The van der Waals surface area contributed by atoms with Gasteiger partial charge in [0.15, 0.2) is 0 Å². The lowest BCUT2D eigenvalue weighted by Crippen LogP contribution is -2.30. The molecule has 1 aromatic rings. The summed E-state index contributed by atoms with van der Waals surface area (Å²) in [7, 11) is 0. The number of hydrogen-bond acceptors (Lipinski definition) is 3. The highest BCUT2D eigenvalue weighted by atomic mass is 15.5. The average Bonchev–Trinajstić information content (AvgIpc) is 2.48. The number of hydrogen-bond donors (Lipinski definition) is 1. The second-order valence-electron chi connectivity index (χ2n) is 3.75. The van der Waals surface area contributed by atoms with Crippen molar-refractivity contribution in [3.63, 3.8) is 0 Å². The molecule has 0 unspecified atom stereocenters. The van der Waals surface area contributed by atoms with Crippen molar-refractivity contribution in [1.29, 1.82) is 0 Å². The highest BCUT2D eigenvalue weighted by molar-refractivity contribution is 5.38. The summed E-state index contributed by atoms with van der Waals surface area (Å²) < 4.78 is 0. The maximum atomic E-state index is 4.08. The highest BCUT2D eigenvalue weighted by Crippen LogP contribution is 2.11. The Labute approximate surface area is 85.1 Å². The van der Waals surface area contributed by atoms with Crippen LogP contribution in [0.3, 0.4) is 0 Å². The van der Waals surface area contributed by atoms with Crippen molar-refractivity contribution in [2.75, 3.05) is 18.5 Å². The van der Waals surface area contributed by atoms with Crippen molar-refractivity contribution in [1.82, 2.24) is 9.99 Å². The molecule has 0 aromatic carbocycles. The van der Waals surface area contributed by atoms with Gasteiger partial charge < -0.3 is 5.43 Å². The molecule has 2 rings (SSSR count). The number of nitrogens with zero attached hydrogens (tertiary/aromatic N) is 2. The van der Waals surface area contributed by atoms with Crippen LogP contribution in [0.5, 0.6) is 0 Å². The first-order valence-electron chi connectivity index (χ1n) is 5.37. The second-order valence-corrected chi connectivity index (χ2v) is 3.75. The minimum atomic E-state index is 1.09. The van der Waals surface area contributed by atoms with E-state index in [1.54, 1.807) is 6.20 Å². The molecule has 3 heteroatoms. The van der Waals surface area contributed by atoms with E-state index in [9.17, 15) is 0 Å². The lowest BCUT2D eigenvalue weighted by molar-refractivity contribution is 0.343. The molecule has 1 aromatic heterocycles. The minimum Gasteiger partial charge on any atom is -0.317 e. The third-order valence-corrected chi connectivity index (χ3v) is 2.55. The number of hydrazine groups is 1. The van der Waals surface area contributed by atoms with Gasteiger partial charge in [-0.3, -0.25) is 4.98 Å². The van der Waals surface area contributed by atoms with Gasteiger partial charge in [0.1, 0.15) is 0 Å². The minimum absolute atomic E-state index is 1.09. The quantitative estimate of drug-likeness (QED) is 0.777. The molecule has 0 radical (unpaired) electrons. The van der Waals surface area contributed by atoms with E-state index in [2.05, 4.69) is 21.5 Å². The van der Waals surface area contributed by atoms with Gasteiger partial charge in [-0.05, 0) is 25.0 Å². The van der Waals surface area contributed by atoms with Crippen LogP contribution in [0.25, 0.3) is 0 Å². The van der Waals surface area contributed by atoms with Crippen LogP contribution in [0.2, 0.25) is 0 Å². The molecule has 14 heavy (non-hydrogen) atoms. The van der Waals surface area contributed by atoms with E-state index in [4.69, 9.17) is 0 Å². The Morgan fingerprint density at radius 2 is 1.93 bits per heavy atom. The summed E-state index contributed by atoms with van der Waals surface area (Å²) in [5.41, 5.74) is 4.48. The molecular weight excluding hydrogens is 174 g/mol. The molecule has 0 spiro atoms. The van der Waals surface area contributed by atoms with Gasteiger partial charge in [0.2, 0.25) is 0 Å². The smallest absolute Gasteiger partial charge is 0.0673 e. The molecule has 1 aliphatic rings. The fraction of sp³-hybridized carbons (Fsp3) is 0.545. The molecule has 0 atom stereocenters. The van der Waals surface area contributed by atoms with Gasteiger partial charge >= 0.3 is 0 Å². The third-order valence-electron chi connectivity index (χ3n) is 2.55. The van der Waals surface area contributed by atoms with Crippen molar-refractivity contribution in [2.24, 2.45) is 0 Å². The van der Waals surface area contributed by atoms with Crippen LogP contribution in [0.15, 0.2) is 24.5 Å². The Bertz CT molecular complexity index is 252. The summed E-state index contributed by atoms with van der Waals surface area (Å²) in [5.74, 6) is 0. The average molecular weight is 191 g/mol. The van der Waals surface area contributed by atoms with Crippen LogP contribution in [-0.2, 0) is 0 Å².